The Kier molecular flexibility index (Phi) is 5.01. The molecule has 142 valence electrons. The number of hydrogen-bond donors (Lipinski definition) is 1. The van der Waals surface area contributed by atoms with E-state index in [4.69, 9.17) is 11.6 Å². The maximum Gasteiger partial charge on any atom is 0.251 e. The van der Waals surface area contributed by atoms with Gasteiger partial charge in [0.25, 0.3) is 5.91 Å². The number of amides is 2. The van der Waals surface area contributed by atoms with Crippen LogP contribution in [-0.2, 0) is 21.4 Å². The molecule has 1 aliphatic heterocycles. The number of nitrogens with zero attached hydrogens (tertiary/aromatic N) is 1. The smallest absolute Gasteiger partial charge is 0.251 e. The molecule has 0 radical (unpaired) electrons. The van der Waals surface area contributed by atoms with Crippen molar-refractivity contribution in [3.05, 3.63) is 64.7 Å². The van der Waals surface area contributed by atoms with Gasteiger partial charge in [-0.25, -0.2) is 12.7 Å². The van der Waals surface area contributed by atoms with Crippen LogP contribution in [0.3, 0.4) is 0 Å². The van der Waals surface area contributed by atoms with E-state index in [0.717, 1.165) is 9.87 Å². The van der Waals surface area contributed by atoms with Gasteiger partial charge in [-0.3, -0.25) is 9.59 Å². The van der Waals surface area contributed by atoms with E-state index in [9.17, 15) is 18.0 Å². The van der Waals surface area contributed by atoms with E-state index in [-0.39, 0.29) is 22.9 Å². The van der Waals surface area contributed by atoms with Gasteiger partial charge >= 0.3 is 0 Å². The highest BCUT2D eigenvalue weighted by Crippen LogP contribution is 2.35. The number of anilines is 1. The van der Waals surface area contributed by atoms with Gasteiger partial charge < -0.3 is 5.32 Å². The monoisotopic (exact) mass is 406 g/mol. The summed E-state index contributed by atoms with van der Waals surface area (Å²) in [7, 11) is -3.76. The number of carbonyl (C=O) groups excluding carboxylic acids is 2. The third-order valence-corrected chi connectivity index (χ3v) is 6.57. The van der Waals surface area contributed by atoms with E-state index >= 15 is 0 Å². The summed E-state index contributed by atoms with van der Waals surface area (Å²) < 4.78 is 25.6. The molecule has 1 fully saturated rings. The maximum absolute atomic E-state index is 12.5. The summed E-state index contributed by atoms with van der Waals surface area (Å²) in [6.45, 7) is 3.49. The molecule has 0 aliphatic carbocycles. The van der Waals surface area contributed by atoms with Gasteiger partial charge in [0.05, 0.1) is 16.9 Å². The lowest BCUT2D eigenvalue weighted by molar-refractivity contribution is -0.123. The number of nitrogens with one attached hydrogen (secondary N) is 1. The fourth-order valence-corrected chi connectivity index (χ4v) is 5.15. The van der Waals surface area contributed by atoms with Gasteiger partial charge in [0.1, 0.15) is 0 Å². The first-order valence-corrected chi connectivity index (χ1v) is 10.3. The molecule has 0 spiro atoms. The fourth-order valence-electron chi connectivity index (χ4n) is 2.92. The van der Waals surface area contributed by atoms with Crippen LogP contribution in [0.15, 0.2) is 48.5 Å². The number of carbonyl (C=O) groups is 2. The summed E-state index contributed by atoms with van der Waals surface area (Å²) in [4.78, 5) is 24.9. The van der Waals surface area contributed by atoms with E-state index in [1.807, 2.05) is 0 Å². The number of hydrogen-bond acceptors (Lipinski definition) is 4. The topological polar surface area (TPSA) is 83.6 Å². The minimum absolute atomic E-state index is 0.171. The van der Waals surface area contributed by atoms with Crippen LogP contribution in [0.25, 0.3) is 0 Å². The maximum atomic E-state index is 12.5. The van der Waals surface area contributed by atoms with Crippen LogP contribution >= 0.6 is 11.6 Å². The van der Waals surface area contributed by atoms with Crippen molar-refractivity contribution in [3.63, 3.8) is 0 Å². The van der Waals surface area contributed by atoms with Gasteiger partial charge in [0, 0.05) is 17.1 Å². The van der Waals surface area contributed by atoms with Crippen molar-refractivity contribution in [1.82, 2.24) is 5.32 Å². The molecule has 1 saturated heterocycles. The zero-order chi connectivity index (χ0) is 19.8. The number of benzene rings is 2. The normalized spacial score (nSPS) is 17.7. The molecule has 0 saturated carbocycles. The first kappa shape index (κ1) is 19.4. The molecule has 0 bridgehead atoms. The summed E-state index contributed by atoms with van der Waals surface area (Å²) in [6.07, 6.45) is 0. The van der Waals surface area contributed by atoms with E-state index in [2.05, 4.69) is 5.32 Å². The summed E-state index contributed by atoms with van der Waals surface area (Å²) in [6, 6.07) is 13.1. The minimum atomic E-state index is -3.76. The van der Waals surface area contributed by atoms with E-state index < -0.39 is 21.3 Å². The van der Waals surface area contributed by atoms with Crippen LogP contribution in [0.1, 0.15) is 29.8 Å². The highest BCUT2D eigenvalue weighted by Gasteiger charge is 2.49. The molecule has 0 atom stereocenters. The van der Waals surface area contributed by atoms with Crippen LogP contribution in [0, 0.1) is 5.41 Å². The van der Waals surface area contributed by atoms with E-state index in [1.54, 1.807) is 50.2 Å². The van der Waals surface area contributed by atoms with Crippen molar-refractivity contribution in [2.45, 2.75) is 20.4 Å². The molecule has 2 amide bonds. The molecule has 1 aliphatic rings. The molecule has 27 heavy (non-hydrogen) atoms. The summed E-state index contributed by atoms with van der Waals surface area (Å²) >= 11 is 5.84. The Morgan fingerprint density at radius 3 is 2.44 bits per heavy atom. The van der Waals surface area contributed by atoms with Crippen molar-refractivity contribution in [2.75, 3.05) is 10.1 Å². The first-order valence-electron chi connectivity index (χ1n) is 8.30. The highest BCUT2D eigenvalue weighted by atomic mass is 35.5. The lowest BCUT2D eigenvalue weighted by atomic mass is 9.95. The Balaban J connectivity index is 1.80. The zero-order valence-electron chi connectivity index (χ0n) is 14.9. The van der Waals surface area contributed by atoms with Crippen molar-refractivity contribution >= 4 is 39.1 Å². The third-order valence-electron chi connectivity index (χ3n) is 4.29. The molecular weight excluding hydrogens is 388 g/mol. The van der Waals surface area contributed by atoms with Crippen LogP contribution in [0.2, 0.25) is 5.02 Å². The molecule has 0 aromatic heterocycles. The average Bonchev–Trinajstić information content (AvgIpc) is 2.77. The molecule has 2 aromatic rings. The summed E-state index contributed by atoms with van der Waals surface area (Å²) in [5.74, 6) is -1.12. The predicted molar refractivity (Wildman–Crippen MR) is 104 cm³/mol. The van der Waals surface area contributed by atoms with Crippen LogP contribution in [0.4, 0.5) is 5.69 Å². The summed E-state index contributed by atoms with van der Waals surface area (Å²) in [5, 5.41) is 3.37. The minimum Gasteiger partial charge on any atom is -0.348 e. The Hall–Kier alpha value is -2.38. The Morgan fingerprint density at radius 1 is 1.19 bits per heavy atom. The predicted octanol–water partition coefficient (Wildman–Crippen LogP) is 2.97. The molecule has 8 heteroatoms. The van der Waals surface area contributed by atoms with Crippen LogP contribution < -0.4 is 9.62 Å². The molecule has 1 N–H and O–H groups in total. The van der Waals surface area contributed by atoms with Gasteiger partial charge in [-0.1, -0.05) is 29.8 Å². The van der Waals surface area contributed by atoms with Crippen molar-refractivity contribution in [2.24, 2.45) is 5.41 Å². The Morgan fingerprint density at radius 2 is 1.85 bits per heavy atom. The SMILES string of the molecule is CC1(C)CS(=O)(=O)N(c2cccc(C(=O)NCc3ccc(Cl)cc3)c2)C1=O. The second-order valence-electron chi connectivity index (χ2n) is 7.07. The molecular formula is C19H19ClN2O4S. The Labute approximate surface area is 163 Å². The second-order valence-corrected chi connectivity index (χ2v) is 9.32. The lowest BCUT2D eigenvalue weighted by Crippen LogP contribution is -2.33. The highest BCUT2D eigenvalue weighted by molar-refractivity contribution is 7.94. The standard InChI is InChI=1S/C19H19ClN2O4S/c1-19(2)12-27(25,26)22(18(19)24)16-5-3-4-14(10-16)17(23)21-11-13-6-8-15(20)9-7-13/h3-10H,11-12H2,1-2H3,(H,21,23). The van der Waals surface area contributed by atoms with Crippen molar-refractivity contribution in [3.8, 4) is 0 Å². The average molecular weight is 407 g/mol. The largest absolute Gasteiger partial charge is 0.348 e. The molecule has 2 aromatic carbocycles. The summed E-state index contributed by atoms with van der Waals surface area (Å²) in [5.41, 5.74) is 0.327. The van der Waals surface area contributed by atoms with E-state index in [1.165, 1.54) is 12.1 Å². The van der Waals surface area contributed by atoms with Gasteiger partial charge in [-0.2, -0.15) is 0 Å². The van der Waals surface area contributed by atoms with Gasteiger partial charge in [-0.05, 0) is 49.7 Å². The first-order chi connectivity index (χ1) is 12.6. The van der Waals surface area contributed by atoms with Gasteiger partial charge in [0.2, 0.25) is 15.9 Å². The zero-order valence-corrected chi connectivity index (χ0v) is 16.5. The van der Waals surface area contributed by atoms with Crippen LogP contribution in [0.5, 0.6) is 0 Å². The Bertz CT molecular complexity index is 1000. The second kappa shape index (κ2) is 6.98. The molecule has 1 heterocycles. The van der Waals surface area contributed by atoms with E-state index in [0.29, 0.717) is 11.6 Å². The number of halogens is 1. The van der Waals surface area contributed by atoms with Gasteiger partial charge in [-0.15, -0.1) is 0 Å². The van der Waals surface area contributed by atoms with Crippen molar-refractivity contribution < 1.29 is 18.0 Å². The molecule has 0 unspecified atom stereocenters. The van der Waals surface area contributed by atoms with Gasteiger partial charge in [0.15, 0.2) is 0 Å². The van der Waals surface area contributed by atoms with Crippen LogP contribution in [-0.4, -0.2) is 26.0 Å². The van der Waals surface area contributed by atoms with Crippen molar-refractivity contribution in [1.29, 1.82) is 0 Å². The number of rotatable bonds is 4. The lowest BCUT2D eigenvalue weighted by Gasteiger charge is -2.18. The fraction of sp³-hybridized carbons (Fsp3) is 0.263. The quantitative estimate of drug-likeness (QED) is 0.846. The number of sulfonamides is 1. The molecule has 3 rings (SSSR count). The third kappa shape index (κ3) is 3.99. The molecule has 6 nitrogen and oxygen atoms in total.